The molecule has 0 aliphatic rings. The highest BCUT2D eigenvalue weighted by Crippen LogP contribution is 2.33. The number of rotatable bonds is 6. The van der Waals surface area contributed by atoms with Crippen LogP contribution in [0.5, 0.6) is 11.6 Å². The van der Waals surface area contributed by atoms with Crippen LogP contribution >= 0.6 is 11.8 Å². The van der Waals surface area contributed by atoms with E-state index >= 15 is 0 Å². The molecule has 1 aromatic heterocycles. The van der Waals surface area contributed by atoms with Gasteiger partial charge in [0, 0.05) is 11.8 Å². The number of halogens is 4. The Balaban J connectivity index is 1.84. The highest BCUT2D eigenvalue weighted by atomic mass is 32.2. The van der Waals surface area contributed by atoms with E-state index in [2.05, 4.69) is 9.97 Å². The van der Waals surface area contributed by atoms with E-state index in [0.29, 0.717) is 17.2 Å². The molecule has 0 N–H and O–H groups in total. The minimum absolute atomic E-state index is 0.0938. The van der Waals surface area contributed by atoms with Crippen molar-refractivity contribution in [3.63, 3.8) is 0 Å². The summed E-state index contributed by atoms with van der Waals surface area (Å²) in [6.45, 7) is 4.07. The van der Waals surface area contributed by atoms with Crippen molar-refractivity contribution in [3.8, 4) is 11.6 Å². The highest BCUT2D eigenvalue weighted by molar-refractivity contribution is 7.98. The summed E-state index contributed by atoms with van der Waals surface area (Å²) in [5.41, 5.74) is 0.319. The van der Waals surface area contributed by atoms with Gasteiger partial charge < -0.3 is 4.74 Å². The first-order valence-electron chi connectivity index (χ1n) is 8.82. The van der Waals surface area contributed by atoms with Crippen LogP contribution in [0, 0.1) is 5.82 Å². The topological polar surface area (TPSA) is 35.0 Å². The van der Waals surface area contributed by atoms with Crippen LogP contribution in [-0.2, 0) is 11.9 Å². The molecule has 0 radical (unpaired) electrons. The van der Waals surface area contributed by atoms with E-state index in [-0.39, 0.29) is 16.8 Å². The molecule has 0 bridgehead atoms. The maximum absolute atomic E-state index is 13.8. The Morgan fingerprint density at radius 3 is 2.31 bits per heavy atom. The molecule has 8 heteroatoms. The van der Waals surface area contributed by atoms with Crippen LogP contribution in [0.2, 0.25) is 0 Å². The third-order valence-corrected chi connectivity index (χ3v) is 4.95. The van der Waals surface area contributed by atoms with Crippen LogP contribution in [0.15, 0.2) is 59.8 Å². The SMILES string of the molecule is CC(C)c1ccc(Oc2cc(C(F)(F)F)nc(SCc3ccccc3F)n2)cc1. The van der Waals surface area contributed by atoms with E-state index in [1.54, 1.807) is 30.3 Å². The molecule has 0 spiro atoms. The Morgan fingerprint density at radius 1 is 1.00 bits per heavy atom. The van der Waals surface area contributed by atoms with Crippen LogP contribution in [0.4, 0.5) is 17.6 Å². The summed E-state index contributed by atoms with van der Waals surface area (Å²) in [7, 11) is 0. The highest BCUT2D eigenvalue weighted by Gasteiger charge is 2.34. The van der Waals surface area contributed by atoms with Gasteiger partial charge in [-0.3, -0.25) is 0 Å². The average molecular weight is 422 g/mol. The minimum Gasteiger partial charge on any atom is -0.439 e. The minimum atomic E-state index is -4.66. The zero-order chi connectivity index (χ0) is 21.0. The second kappa shape index (κ2) is 8.82. The van der Waals surface area contributed by atoms with Gasteiger partial charge in [-0.15, -0.1) is 0 Å². The van der Waals surface area contributed by atoms with E-state index in [4.69, 9.17) is 4.74 Å². The fraction of sp³-hybridized carbons (Fsp3) is 0.238. The molecule has 3 rings (SSSR count). The number of ether oxygens (including phenoxy) is 1. The van der Waals surface area contributed by atoms with E-state index < -0.39 is 17.7 Å². The molecule has 152 valence electrons. The van der Waals surface area contributed by atoms with Gasteiger partial charge in [0.25, 0.3) is 0 Å². The van der Waals surface area contributed by atoms with Crippen molar-refractivity contribution in [2.24, 2.45) is 0 Å². The molecule has 0 unspecified atom stereocenters. The van der Waals surface area contributed by atoms with Crippen molar-refractivity contribution in [1.29, 1.82) is 0 Å². The molecule has 0 saturated heterocycles. The number of aromatic nitrogens is 2. The molecule has 0 fully saturated rings. The largest absolute Gasteiger partial charge is 0.439 e. The lowest BCUT2D eigenvalue weighted by Gasteiger charge is -2.12. The quantitative estimate of drug-likeness (QED) is 0.247. The Kier molecular flexibility index (Phi) is 6.42. The van der Waals surface area contributed by atoms with Gasteiger partial charge in [-0.2, -0.15) is 18.2 Å². The zero-order valence-electron chi connectivity index (χ0n) is 15.7. The summed E-state index contributed by atoms with van der Waals surface area (Å²) in [5.74, 6) is 0.123. The molecule has 1 heterocycles. The summed E-state index contributed by atoms with van der Waals surface area (Å²) in [6, 6.07) is 13.8. The lowest BCUT2D eigenvalue weighted by molar-refractivity contribution is -0.141. The molecule has 0 aliphatic heterocycles. The molecular formula is C21H18F4N2OS. The van der Waals surface area contributed by atoms with Crippen molar-refractivity contribution in [3.05, 3.63) is 77.2 Å². The zero-order valence-corrected chi connectivity index (χ0v) is 16.5. The smallest absolute Gasteiger partial charge is 0.433 e. The summed E-state index contributed by atoms with van der Waals surface area (Å²) in [4.78, 5) is 7.60. The van der Waals surface area contributed by atoms with Crippen LogP contribution in [0.3, 0.4) is 0 Å². The van der Waals surface area contributed by atoms with E-state index in [1.807, 2.05) is 26.0 Å². The third-order valence-electron chi connectivity index (χ3n) is 4.06. The normalized spacial score (nSPS) is 11.7. The Hall–Kier alpha value is -2.61. The summed E-state index contributed by atoms with van der Waals surface area (Å²) < 4.78 is 59.0. The summed E-state index contributed by atoms with van der Waals surface area (Å²) in [6.07, 6.45) is -4.66. The summed E-state index contributed by atoms with van der Waals surface area (Å²) in [5, 5.41) is -0.142. The molecule has 3 aromatic rings. The van der Waals surface area contributed by atoms with Crippen molar-refractivity contribution in [1.82, 2.24) is 9.97 Å². The maximum atomic E-state index is 13.8. The molecule has 29 heavy (non-hydrogen) atoms. The number of hydrogen-bond donors (Lipinski definition) is 0. The second-order valence-corrected chi connectivity index (χ2v) is 7.52. The fourth-order valence-electron chi connectivity index (χ4n) is 2.47. The van der Waals surface area contributed by atoms with E-state index in [1.165, 1.54) is 6.07 Å². The molecule has 0 saturated carbocycles. The number of alkyl halides is 3. The monoisotopic (exact) mass is 422 g/mol. The van der Waals surface area contributed by atoms with Crippen LogP contribution in [0.25, 0.3) is 0 Å². The van der Waals surface area contributed by atoms with Crippen LogP contribution in [0.1, 0.15) is 36.6 Å². The fourth-order valence-corrected chi connectivity index (χ4v) is 3.30. The first kappa shape index (κ1) is 21.1. The van der Waals surface area contributed by atoms with Gasteiger partial charge >= 0.3 is 6.18 Å². The Bertz CT molecular complexity index is 975. The first-order chi connectivity index (χ1) is 13.7. The van der Waals surface area contributed by atoms with Gasteiger partial charge in [-0.05, 0) is 35.2 Å². The Labute approximate surface area is 170 Å². The molecule has 0 aliphatic carbocycles. The maximum Gasteiger partial charge on any atom is 0.433 e. The predicted octanol–water partition coefficient (Wildman–Crippen LogP) is 6.84. The van der Waals surface area contributed by atoms with Gasteiger partial charge in [0.2, 0.25) is 5.88 Å². The molecule has 0 atom stereocenters. The van der Waals surface area contributed by atoms with Crippen molar-refractivity contribution in [2.75, 3.05) is 0 Å². The number of hydrogen-bond acceptors (Lipinski definition) is 4. The lowest BCUT2D eigenvalue weighted by atomic mass is 10.0. The van der Waals surface area contributed by atoms with Gasteiger partial charge in [0.1, 0.15) is 11.6 Å². The summed E-state index contributed by atoms with van der Waals surface area (Å²) >= 11 is 0.907. The van der Waals surface area contributed by atoms with Crippen molar-refractivity contribution < 1.29 is 22.3 Å². The molecular weight excluding hydrogens is 404 g/mol. The van der Waals surface area contributed by atoms with E-state index in [0.717, 1.165) is 23.4 Å². The predicted molar refractivity (Wildman–Crippen MR) is 104 cm³/mol. The molecule has 2 aromatic carbocycles. The Morgan fingerprint density at radius 2 is 1.69 bits per heavy atom. The van der Waals surface area contributed by atoms with Gasteiger partial charge in [0.15, 0.2) is 10.9 Å². The lowest BCUT2D eigenvalue weighted by Crippen LogP contribution is -2.10. The average Bonchev–Trinajstić information content (AvgIpc) is 2.67. The number of thioether (sulfide) groups is 1. The van der Waals surface area contributed by atoms with Crippen molar-refractivity contribution >= 4 is 11.8 Å². The van der Waals surface area contributed by atoms with Gasteiger partial charge in [-0.25, -0.2) is 9.37 Å². The number of benzene rings is 2. The van der Waals surface area contributed by atoms with Crippen LogP contribution in [-0.4, -0.2) is 9.97 Å². The van der Waals surface area contributed by atoms with Crippen molar-refractivity contribution in [2.45, 2.75) is 36.9 Å². The van der Waals surface area contributed by atoms with Gasteiger partial charge in [0.05, 0.1) is 0 Å². The number of nitrogens with zero attached hydrogens (tertiary/aromatic N) is 2. The first-order valence-corrected chi connectivity index (χ1v) is 9.81. The third kappa shape index (κ3) is 5.69. The standard InChI is InChI=1S/C21H18F4N2OS/c1-13(2)14-7-9-16(10-8-14)28-19-11-18(21(23,24)25)26-20(27-19)29-12-15-5-3-4-6-17(15)22/h3-11,13H,12H2,1-2H3. The molecule has 0 amide bonds. The second-order valence-electron chi connectivity index (χ2n) is 6.58. The van der Waals surface area contributed by atoms with Gasteiger partial charge in [-0.1, -0.05) is 55.9 Å². The van der Waals surface area contributed by atoms with Crippen LogP contribution < -0.4 is 4.74 Å². The molecule has 3 nitrogen and oxygen atoms in total. The van der Waals surface area contributed by atoms with E-state index in [9.17, 15) is 17.6 Å².